The number of aromatic hydroxyl groups is 1. The number of phenols is 1. The smallest absolute Gasteiger partial charge is 0.327 e. The average molecular weight is 1020 g/mol. The van der Waals surface area contributed by atoms with Crippen molar-refractivity contribution in [3.8, 4) is 5.75 Å². The zero-order chi connectivity index (χ0) is 53.7. The molecular formula is C45H72N12O13S. The average Bonchev–Trinajstić information content (AvgIpc) is 3.78. The van der Waals surface area contributed by atoms with Gasteiger partial charge in [0, 0.05) is 18.8 Å². The Labute approximate surface area is 417 Å². The highest BCUT2D eigenvalue weighted by atomic mass is 32.1. The van der Waals surface area contributed by atoms with Crippen LogP contribution in [0.4, 0.5) is 0 Å². The Bertz CT molecular complexity index is 2070. The van der Waals surface area contributed by atoms with E-state index < -0.39 is 132 Å². The van der Waals surface area contributed by atoms with Crippen molar-refractivity contribution in [1.82, 2.24) is 42.1 Å². The van der Waals surface area contributed by atoms with Gasteiger partial charge in [0.15, 0.2) is 5.96 Å². The van der Waals surface area contributed by atoms with Crippen LogP contribution >= 0.6 is 12.6 Å². The van der Waals surface area contributed by atoms with E-state index in [1.165, 1.54) is 17.0 Å². The van der Waals surface area contributed by atoms with E-state index in [4.69, 9.17) is 17.2 Å². The largest absolute Gasteiger partial charge is 0.508 e. The minimum Gasteiger partial charge on any atom is -0.508 e. The van der Waals surface area contributed by atoms with Crippen molar-refractivity contribution < 1.29 is 63.3 Å². The molecule has 26 heteroatoms. The van der Waals surface area contributed by atoms with Gasteiger partial charge in [0.25, 0.3) is 0 Å². The number of nitrogens with zero attached hydrogens (tertiary/aromatic N) is 2. The number of nitrogens with two attached hydrogens (primary N) is 3. The van der Waals surface area contributed by atoms with E-state index in [9.17, 15) is 63.3 Å². The first-order valence-corrected chi connectivity index (χ1v) is 23.9. The van der Waals surface area contributed by atoms with Crippen molar-refractivity contribution in [3.05, 3.63) is 29.8 Å². The number of carboxylic acid groups (broad SMARTS) is 2. The monoisotopic (exact) mass is 1020 g/mol. The van der Waals surface area contributed by atoms with Gasteiger partial charge in [-0.1, -0.05) is 53.7 Å². The molecule has 396 valence electrons. The quantitative estimate of drug-likeness (QED) is 0.0167. The molecule has 1 aromatic rings. The molecule has 0 spiro atoms. The lowest BCUT2D eigenvalue weighted by Crippen LogP contribution is -2.60. The third-order valence-corrected chi connectivity index (χ3v) is 11.6. The molecule has 0 unspecified atom stereocenters. The number of hydrogen-bond donors (Lipinski definition) is 14. The zero-order valence-electron chi connectivity index (χ0n) is 40.9. The number of benzene rings is 1. The van der Waals surface area contributed by atoms with Gasteiger partial charge in [0.2, 0.25) is 47.3 Å². The second-order valence-electron chi connectivity index (χ2n) is 18.3. The number of thiol groups is 1. The van der Waals surface area contributed by atoms with Crippen molar-refractivity contribution in [2.75, 3.05) is 25.4 Å². The number of nitrogens with one attached hydrogen (secondary N) is 7. The number of likely N-dealkylation sites (tertiary alicyclic amines) is 1. The van der Waals surface area contributed by atoms with E-state index >= 15 is 0 Å². The predicted octanol–water partition coefficient (Wildman–Crippen LogP) is -2.82. The number of carboxylic acids is 2. The highest BCUT2D eigenvalue weighted by Crippen LogP contribution is 2.20. The van der Waals surface area contributed by atoms with Crippen LogP contribution < -0.4 is 54.4 Å². The summed E-state index contributed by atoms with van der Waals surface area (Å²) in [6.07, 6.45) is -0.00423. The van der Waals surface area contributed by atoms with E-state index in [1.807, 2.05) is 0 Å². The molecule has 8 atom stereocenters. The summed E-state index contributed by atoms with van der Waals surface area (Å²) in [6.45, 7) is 9.46. The molecule has 0 radical (unpaired) electrons. The minimum absolute atomic E-state index is 0.00900. The van der Waals surface area contributed by atoms with Crippen LogP contribution in [0, 0.1) is 17.8 Å². The molecule has 0 saturated carbocycles. The Balaban J connectivity index is 2.18. The van der Waals surface area contributed by atoms with Gasteiger partial charge in [-0.25, -0.2) is 4.79 Å². The topological polar surface area (TPSA) is 409 Å². The Hall–Kier alpha value is -6.70. The molecule has 25 nitrogen and oxygen atoms in total. The molecule has 2 rings (SSSR count). The van der Waals surface area contributed by atoms with Crippen LogP contribution in [0.1, 0.15) is 85.6 Å². The summed E-state index contributed by atoms with van der Waals surface area (Å²) < 4.78 is 0. The normalized spacial score (nSPS) is 16.3. The zero-order valence-corrected chi connectivity index (χ0v) is 41.8. The molecule has 1 saturated heterocycles. The first-order valence-electron chi connectivity index (χ1n) is 23.3. The number of carbonyl (C=O) groups excluding carboxylic acids is 8. The van der Waals surface area contributed by atoms with Crippen LogP contribution in [-0.2, 0) is 54.4 Å². The lowest BCUT2D eigenvalue weighted by molar-refractivity contribution is -0.143. The molecule has 1 aliphatic heterocycles. The van der Waals surface area contributed by atoms with E-state index in [-0.39, 0.29) is 68.6 Å². The lowest BCUT2D eigenvalue weighted by atomic mass is 10.00. The van der Waals surface area contributed by atoms with E-state index in [0.29, 0.717) is 12.0 Å². The van der Waals surface area contributed by atoms with Crippen molar-refractivity contribution in [1.29, 1.82) is 0 Å². The van der Waals surface area contributed by atoms with Gasteiger partial charge in [-0.15, -0.1) is 0 Å². The third-order valence-electron chi connectivity index (χ3n) is 11.2. The summed E-state index contributed by atoms with van der Waals surface area (Å²) in [6, 6.07) is -4.22. The van der Waals surface area contributed by atoms with Gasteiger partial charge >= 0.3 is 11.9 Å². The lowest BCUT2D eigenvalue weighted by Gasteiger charge is -2.29. The molecular weight excluding hydrogens is 949 g/mol. The van der Waals surface area contributed by atoms with Gasteiger partial charge in [0.1, 0.15) is 48.0 Å². The van der Waals surface area contributed by atoms with Gasteiger partial charge in [-0.2, -0.15) is 12.6 Å². The summed E-state index contributed by atoms with van der Waals surface area (Å²) >= 11 is 3.96. The minimum atomic E-state index is -1.69. The summed E-state index contributed by atoms with van der Waals surface area (Å²) in [5.74, 6) is -11.1. The van der Waals surface area contributed by atoms with Gasteiger partial charge in [-0.05, 0) is 74.0 Å². The van der Waals surface area contributed by atoms with Gasteiger partial charge in [-0.3, -0.25) is 48.1 Å². The maximum Gasteiger partial charge on any atom is 0.327 e. The molecule has 8 amide bonds. The van der Waals surface area contributed by atoms with Crippen LogP contribution in [0.15, 0.2) is 29.3 Å². The Morgan fingerprint density at radius 1 is 0.746 bits per heavy atom. The van der Waals surface area contributed by atoms with E-state index in [1.54, 1.807) is 53.7 Å². The molecule has 16 N–H and O–H groups in total. The van der Waals surface area contributed by atoms with Crippen molar-refractivity contribution >= 4 is 77.8 Å². The number of carbonyl (C=O) groups is 10. The van der Waals surface area contributed by atoms with Crippen LogP contribution in [0.25, 0.3) is 0 Å². The SMILES string of the molecule is CC(C)C[C@H](NC(=O)[C@H](CC(=O)O)NC(=O)[C@@H]1CCCN1C(=O)[C@@H](N)Cc1ccc(O)cc1)C(=O)NCC(=O)N[C@H](C(=O)N[C@@H](CCCN=C(N)N)C(=O)N[C@H](C(=O)N[C@@H](CS)C(=O)O)C(C)C)C(C)C. The second kappa shape index (κ2) is 29.5. The molecule has 1 aliphatic rings. The first kappa shape index (κ1) is 60.4. The van der Waals surface area contributed by atoms with E-state index in [0.717, 1.165) is 0 Å². The van der Waals surface area contributed by atoms with E-state index in [2.05, 4.69) is 54.8 Å². The van der Waals surface area contributed by atoms with Gasteiger partial charge < -0.3 is 74.6 Å². The van der Waals surface area contributed by atoms with Crippen LogP contribution in [-0.4, -0.2) is 159 Å². The van der Waals surface area contributed by atoms with Crippen LogP contribution in [0.2, 0.25) is 0 Å². The summed E-state index contributed by atoms with van der Waals surface area (Å²) in [5.41, 5.74) is 17.7. The standard InChI is InChI=1S/C45H72N12O13S/c1-22(2)17-29(52-39(64)30(19-34(60)61)53-40(65)32-10-8-16-57(32)43(68)27(46)18-25-11-13-26(58)14-12-25)37(62)50-20-33(59)55-35(23(3)4)41(66)51-28(9-7-15-49-45(47)48)38(63)56-36(24(5)6)42(67)54-31(21-71)44(69)70/h11-14,22-24,27-32,35-36,58,71H,7-10,15-21,46H2,1-6H3,(H,50,62)(H,51,66)(H,52,64)(H,53,65)(H,54,67)(H,55,59)(H,56,63)(H,60,61)(H,69,70)(H4,47,48,49)/t27-,28-,29-,30-,31-,32-,35-,36-/m0/s1. The highest BCUT2D eigenvalue weighted by Gasteiger charge is 2.39. The summed E-state index contributed by atoms with van der Waals surface area (Å²) in [7, 11) is 0. The van der Waals surface area contributed by atoms with Crippen molar-refractivity contribution in [3.63, 3.8) is 0 Å². The maximum absolute atomic E-state index is 13.8. The van der Waals surface area contributed by atoms with Crippen molar-refractivity contribution in [2.24, 2.45) is 39.9 Å². The Kier molecular flexibility index (Phi) is 25.1. The molecule has 71 heavy (non-hydrogen) atoms. The number of amides is 8. The summed E-state index contributed by atoms with van der Waals surface area (Å²) in [5, 5.41) is 46.0. The molecule has 1 heterocycles. The Morgan fingerprint density at radius 2 is 1.31 bits per heavy atom. The van der Waals surface area contributed by atoms with Crippen LogP contribution in [0.5, 0.6) is 5.75 Å². The molecule has 0 bridgehead atoms. The molecule has 0 aliphatic carbocycles. The fourth-order valence-corrected chi connectivity index (χ4v) is 7.68. The number of hydrogen-bond acceptors (Lipinski definition) is 14. The van der Waals surface area contributed by atoms with Crippen molar-refractivity contribution in [2.45, 2.75) is 135 Å². The Morgan fingerprint density at radius 3 is 1.85 bits per heavy atom. The number of guanidine groups is 1. The fraction of sp³-hybridized carbons (Fsp3) is 0.622. The molecule has 1 fully saturated rings. The summed E-state index contributed by atoms with van der Waals surface area (Å²) in [4.78, 5) is 137. The number of aliphatic carboxylic acids is 2. The fourth-order valence-electron chi connectivity index (χ4n) is 7.44. The van der Waals surface area contributed by atoms with Gasteiger partial charge in [0.05, 0.1) is 19.0 Å². The predicted molar refractivity (Wildman–Crippen MR) is 262 cm³/mol. The number of phenolic OH excluding ortho intramolecular Hbond substituents is 1. The number of aliphatic imine (C=N–C) groups is 1. The molecule has 1 aromatic carbocycles. The van der Waals surface area contributed by atoms with Crippen LogP contribution in [0.3, 0.4) is 0 Å². The highest BCUT2D eigenvalue weighted by molar-refractivity contribution is 7.80. The first-order chi connectivity index (χ1) is 33.2. The maximum atomic E-state index is 13.8. The second-order valence-corrected chi connectivity index (χ2v) is 18.7. The molecule has 0 aromatic heterocycles. The number of rotatable bonds is 29. The third kappa shape index (κ3) is 20.7.